The largest absolute Gasteiger partial charge is 0.398 e. The van der Waals surface area contributed by atoms with Crippen molar-refractivity contribution in [3.63, 3.8) is 0 Å². The molecule has 0 bridgehead atoms. The van der Waals surface area contributed by atoms with Gasteiger partial charge in [0.1, 0.15) is 0 Å². The van der Waals surface area contributed by atoms with Crippen LogP contribution in [-0.4, -0.2) is 13.0 Å². The van der Waals surface area contributed by atoms with E-state index >= 15 is 0 Å². The lowest BCUT2D eigenvalue weighted by atomic mass is 10.2. The van der Waals surface area contributed by atoms with Crippen LogP contribution in [0.15, 0.2) is 23.1 Å². The molecule has 0 radical (unpaired) electrons. The van der Waals surface area contributed by atoms with E-state index in [0.717, 1.165) is 11.3 Å². The standard InChI is InChI=1S/C9H13NOS/c1-7-8(10)4-3-5-9(7)12-6-11-2/h3-5H,6,10H2,1-2H3. The Balaban J connectivity index is 2.78. The first-order chi connectivity index (χ1) is 5.75. The minimum atomic E-state index is 0.671. The van der Waals surface area contributed by atoms with Crippen molar-refractivity contribution in [3.05, 3.63) is 23.8 Å². The number of ether oxygens (including phenoxy) is 1. The van der Waals surface area contributed by atoms with Crippen molar-refractivity contribution in [2.24, 2.45) is 0 Å². The van der Waals surface area contributed by atoms with Gasteiger partial charge < -0.3 is 10.5 Å². The summed E-state index contributed by atoms with van der Waals surface area (Å²) in [6, 6.07) is 5.92. The molecule has 0 aliphatic heterocycles. The van der Waals surface area contributed by atoms with Crippen molar-refractivity contribution in [2.75, 3.05) is 18.8 Å². The Kier molecular flexibility index (Phi) is 3.44. The van der Waals surface area contributed by atoms with E-state index in [0.29, 0.717) is 5.94 Å². The predicted octanol–water partition coefficient (Wildman–Crippen LogP) is 2.27. The molecule has 1 rings (SSSR count). The lowest BCUT2D eigenvalue weighted by Gasteiger charge is -2.06. The van der Waals surface area contributed by atoms with Gasteiger partial charge in [0.25, 0.3) is 0 Å². The molecular formula is C9H13NOS. The van der Waals surface area contributed by atoms with Crippen LogP contribution in [0.2, 0.25) is 0 Å². The molecule has 0 fully saturated rings. The molecule has 2 nitrogen and oxygen atoms in total. The van der Waals surface area contributed by atoms with Gasteiger partial charge in [0, 0.05) is 17.7 Å². The molecule has 0 unspecified atom stereocenters. The van der Waals surface area contributed by atoms with E-state index in [1.807, 2.05) is 19.1 Å². The highest BCUT2D eigenvalue weighted by molar-refractivity contribution is 7.99. The first-order valence-electron chi connectivity index (χ1n) is 3.72. The SMILES string of the molecule is COCSc1cccc(N)c1C. The number of methoxy groups -OCH3 is 1. The fourth-order valence-electron chi connectivity index (χ4n) is 0.910. The van der Waals surface area contributed by atoms with Crippen LogP contribution in [0, 0.1) is 6.92 Å². The Bertz CT molecular complexity index is 263. The van der Waals surface area contributed by atoms with Crippen molar-refractivity contribution in [1.82, 2.24) is 0 Å². The third kappa shape index (κ3) is 2.16. The normalized spacial score (nSPS) is 10.2. The van der Waals surface area contributed by atoms with E-state index in [1.165, 1.54) is 4.90 Å². The number of benzene rings is 1. The summed E-state index contributed by atoms with van der Waals surface area (Å²) in [6.45, 7) is 2.02. The van der Waals surface area contributed by atoms with Crippen molar-refractivity contribution < 1.29 is 4.74 Å². The maximum atomic E-state index is 5.74. The highest BCUT2D eigenvalue weighted by Crippen LogP contribution is 2.25. The molecule has 1 aromatic rings. The molecule has 0 amide bonds. The molecule has 66 valence electrons. The van der Waals surface area contributed by atoms with Crippen LogP contribution < -0.4 is 5.73 Å². The van der Waals surface area contributed by atoms with Crippen LogP contribution in [0.5, 0.6) is 0 Å². The van der Waals surface area contributed by atoms with Crippen molar-refractivity contribution >= 4 is 17.4 Å². The molecular weight excluding hydrogens is 170 g/mol. The number of rotatable bonds is 3. The van der Waals surface area contributed by atoms with Gasteiger partial charge in [-0.1, -0.05) is 17.8 Å². The monoisotopic (exact) mass is 183 g/mol. The van der Waals surface area contributed by atoms with E-state index < -0.39 is 0 Å². The van der Waals surface area contributed by atoms with E-state index in [1.54, 1.807) is 18.9 Å². The molecule has 0 aliphatic carbocycles. The average molecular weight is 183 g/mol. The lowest BCUT2D eigenvalue weighted by molar-refractivity contribution is 0.259. The minimum Gasteiger partial charge on any atom is -0.398 e. The third-order valence-electron chi connectivity index (χ3n) is 1.66. The summed E-state index contributed by atoms with van der Waals surface area (Å²) in [5, 5.41) is 0. The summed E-state index contributed by atoms with van der Waals surface area (Å²) in [5.74, 6) is 0.671. The first kappa shape index (κ1) is 9.42. The predicted molar refractivity (Wildman–Crippen MR) is 53.3 cm³/mol. The summed E-state index contributed by atoms with van der Waals surface area (Å²) in [5.41, 5.74) is 7.72. The number of thioether (sulfide) groups is 1. The number of nitrogen functional groups attached to an aromatic ring is 1. The molecule has 0 saturated carbocycles. The topological polar surface area (TPSA) is 35.2 Å². The summed E-state index contributed by atoms with van der Waals surface area (Å²) in [7, 11) is 1.69. The Morgan fingerprint density at radius 1 is 1.50 bits per heavy atom. The molecule has 3 heteroatoms. The zero-order valence-corrected chi connectivity index (χ0v) is 8.15. The van der Waals surface area contributed by atoms with Crippen LogP contribution >= 0.6 is 11.8 Å². The summed E-state index contributed by atoms with van der Waals surface area (Å²) >= 11 is 1.66. The minimum absolute atomic E-state index is 0.671. The number of hydrogen-bond donors (Lipinski definition) is 1. The van der Waals surface area contributed by atoms with Gasteiger partial charge in [0.15, 0.2) is 0 Å². The van der Waals surface area contributed by atoms with Crippen LogP contribution in [0.1, 0.15) is 5.56 Å². The second-order valence-corrected chi connectivity index (χ2v) is 3.49. The van der Waals surface area contributed by atoms with Crippen LogP contribution in [0.25, 0.3) is 0 Å². The van der Waals surface area contributed by atoms with Crippen LogP contribution in [0.4, 0.5) is 5.69 Å². The van der Waals surface area contributed by atoms with E-state index in [9.17, 15) is 0 Å². The van der Waals surface area contributed by atoms with Gasteiger partial charge in [-0.25, -0.2) is 0 Å². The van der Waals surface area contributed by atoms with Crippen LogP contribution in [-0.2, 0) is 4.74 Å². The molecule has 1 aromatic carbocycles. The van der Waals surface area contributed by atoms with E-state index in [-0.39, 0.29) is 0 Å². The molecule has 0 saturated heterocycles. The molecule has 0 aliphatic rings. The second kappa shape index (κ2) is 4.38. The molecule has 0 spiro atoms. The molecule has 2 N–H and O–H groups in total. The smallest absolute Gasteiger partial charge is 0.0963 e. The fourth-order valence-corrected chi connectivity index (χ4v) is 1.66. The Hall–Kier alpha value is -0.670. The summed E-state index contributed by atoms with van der Waals surface area (Å²) in [4.78, 5) is 1.19. The Morgan fingerprint density at radius 3 is 2.92 bits per heavy atom. The van der Waals surface area contributed by atoms with Gasteiger partial charge in [-0.3, -0.25) is 0 Å². The lowest BCUT2D eigenvalue weighted by Crippen LogP contribution is -1.91. The number of anilines is 1. The van der Waals surface area contributed by atoms with E-state index in [4.69, 9.17) is 10.5 Å². The van der Waals surface area contributed by atoms with Gasteiger partial charge in [-0.15, -0.1) is 0 Å². The maximum Gasteiger partial charge on any atom is 0.0963 e. The number of hydrogen-bond acceptors (Lipinski definition) is 3. The fraction of sp³-hybridized carbons (Fsp3) is 0.333. The molecule has 0 heterocycles. The summed E-state index contributed by atoms with van der Waals surface area (Å²) < 4.78 is 4.96. The first-order valence-corrected chi connectivity index (χ1v) is 4.71. The van der Waals surface area contributed by atoms with Crippen molar-refractivity contribution in [1.29, 1.82) is 0 Å². The molecule has 0 aromatic heterocycles. The van der Waals surface area contributed by atoms with Crippen LogP contribution in [0.3, 0.4) is 0 Å². The Morgan fingerprint density at radius 2 is 2.25 bits per heavy atom. The third-order valence-corrected chi connectivity index (χ3v) is 2.77. The van der Waals surface area contributed by atoms with E-state index in [2.05, 4.69) is 6.07 Å². The van der Waals surface area contributed by atoms with Gasteiger partial charge >= 0.3 is 0 Å². The Labute approximate surface area is 77.1 Å². The quantitative estimate of drug-likeness (QED) is 0.443. The van der Waals surface area contributed by atoms with Gasteiger partial charge in [-0.2, -0.15) is 0 Å². The van der Waals surface area contributed by atoms with Crippen molar-refractivity contribution in [2.45, 2.75) is 11.8 Å². The zero-order chi connectivity index (χ0) is 8.97. The van der Waals surface area contributed by atoms with Gasteiger partial charge in [0.2, 0.25) is 0 Å². The average Bonchev–Trinajstić information content (AvgIpc) is 2.08. The zero-order valence-electron chi connectivity index (χ0n) is 7.33. The highest BCUT2D eigenvalue weighted by atomic mass is 32.2. The van der Waals surface area contributed by atoms with Gasteiger partial charge in [-0.05, 0) is 24.6 Å². The highest BCUT2D eigenvalue weighted by Gasteiger charge is 2.00. The maximum absolute atomic E-state index is 5.74. The summed E-state index contributed by atoms with van der Waals surface area (Å²) in [6.07, 6.45) is 0. The molecule has 12 heavy (non-hydrogen) atoms. The van der Waals surface area contributed by atoms with Crippen molar-refractivity contribution in [3.8, 4) is 0 Å². The van der Waals surface area contributed by atoms with Gasteiger partial charge in [0.05, 0.1) is 5.94 Å². The second-order valence-electron chi connectivity index (χ2n) is 2.52. The molecule has 0 atom stereocenters. The number of nitrogens with two attached hydrogens (primary N) is 1.